The summed E-state index contributed by atoms with van der Waals surface area (Å²) < 4.78 is 27.0. The molecule has 0 spiro atoms. The first kappa shape index (κ1) is 9.43. The molecule has 0 aromatic carbocycles. The van der Waals surface area contributed by atoms with Crippen LogP contribution in [0, 0.1) is 0 Å². The number of nitrogens with zero attached hydrogens (tertiary/aromatic N) is 2. The first-order valence-electron chi connectivity index (χ1n) is 4.89. The lowest BCUT2D eigenvalue weighted by Crippen LogP contribution is -2.50. The Hall–Kier alpha value is -0.130. The molecule has 0 aliphatic carbocycles. The molecule has 0 aromatic rings. The number of hydrogen-bond acceptors (Lipinski definition) is 2. The van der Waals surface area contributed by atoms with Crippen molar-refractivity contribution in [3.8, 4) is 0 Å². The van der Waals surface area contributed by atoms with Crippen LogP contribution in [-0.2, 0) is 10.2 Å². The second-order valence-electron chi connectivity index (χ2n) is 3.86. The van der Waals surface area contributed by atoms with E-state index in [0.29, 0.717) is 19.6 Å². The van der Waals surface area contributed by atoms with Crippen molar-refractivity contribution in [2.24, 2.45) is 0 Å². The molecule has 13 heavy (non-hydrogen) atoms. The molecule has 4 nitrogen and oxygen atoms in total. The van der Waals surface area contributed by atoms with Gasteiger partial charge in [0.2, 0.25) is 0 Å². The maximum absolute atomic E-state index is 11.9. The van der Waals surface area contributed by atoms with Crippen molar-refractivity contribution in [3.63, 3.8) is 0 Å². The lowest BCUT2D eigenvalue weighted by atomic mass is 10.3. The zero-order valence-electron chi connectivity index (χ0n) is 7.94. The van der Waals surface area contributed by atoms with E-state index < -0.39 is 10.2 Å². The van der Waals surface area contributed by atoms with Crippen LogP contribution >= 0.6 is 0 Å². The van der Waals surface area contributed by atoms with Gasteiger partial charge in [0.1, 0.15) is 0 Å². The Kier molecular flexibility index (Phi) is 2.33. The highest BCUT2D eigenvalue weighted by Gasteiger charge is 2.37. The Labute approximate surface area is 79.7 Å². The highest BCUT2D eigenvalue weighted by Crippen LogP contribution is 2.25. The number of hydrogen-bond donors (Lipinski definition) is 0. The lowest BCUT2D eigenvalue weighted by Gasteiger charge is -2.34. The van der Waals surface area contributed by atoms with Crippen molar-refractivity contribution in [2.45, 2.75) is 32.2 Å². The molecule has 2 aliphatic rings. The molecule has 5 heteroatoms. The molecule has 0 saturated carbocycles. The Bertz CT molecular complexity index is 285. The first-order valence-corrected chi connectivity index (χ1v) is 6.29. The Morgan fingerprint density at radius 1 is 1.15 bits per heavy atom. The second kappa shape index (κ2) is 3.22. The van der Waals surface area contributed by atoms with Gasteiger partial charge in [-0.3, -0.25) is 0 Å². The van der Waals surface area contributed by atoms with Gasteiger partial charge < -0.3 is 0 Å². The van der Waals surface area contributed by atoms with Gasteiger partial charge in [0, 0.05) is 25.7 Å². The summed E-state index contributed by atoms with van der Waals surface area (Å²) in [6.45, 7) is 4.13. The standard InChI is InChI=1S/C8H16N2O2S/c1-8-4-2-7-10(8)13(11,12)9-5-3-6-9/h8H,2-7H2,1H3. The quantitative estimate of drug-likeness (QED) is 0.654. The predicted molar refractivity (Wildman–Crippen MR) is 50.5 cm³/mol. The summed E-state index contributed by atoms with van der Waals surface area (Å²) in [5.74, 6) is 0. The van der Waals surface area contributed by atoms with Gasteiger partial charge in [0.15, 0.2) is 0 Å². The van der Waals surface area contributed by atoms with Crippen LogP contribution in [0.15, 0.2) is 0 Å². The van der Waals surface area contributed by atoms with E-state index in [-0.39, 0.29) is 6.04 Å². The van der Waals surface area contributed by atoms with Crippen LogP contribution in [0.3, 0.4) is 0 Å². The van der Waals surface area contributed by atoms with Crippen molar-refractivity contribution in [1.82, 2.24) is 8.61 Å². The van der Waals surface area contributed by atoms with Gasteiger partial charge >= 0.3 is 0 Å². The average Bonchev–Trinajstić information content (AvgIpc) is 2.29. The van der Waals surface area contributed by atoms with E-state index >= 15 is 0 Å². The molecule has 2 fully saturated rings. The van der Waals surface area contributed by atoms with Gasteiger partial charge in [0.05, 0.1) is 0 Å². The van der Waals surface area contributed by atoms with Crippen LogP contribution in [0.5, 0.6) is 0 Å². The highest BCUT2D eigenvalue weighted by molar-refractivity contribution is 7.86. The fourth-order valence-electron chi connectivity index (χ4n) is 1.92. The smallest absolute Gasteiger partial charge is 0.195 e. The third-order valence-corrected chi connectivity index (χ3v) is 5.08. The summed E-state index contributed by atoms with van der Waals surface area (Å²) >= 11 is 0. The average molecular weight is 204 g/mol. The van der Waals surface area contributed by atoms with Gasteiger partial charge in [-0.25, -0.2) is 0 Å². The molecule has 2 rings (SSSR count). The van der Waals surface area contributed by atoms with E-state index in [2.05, 4.69) is 0 Å². The molecule has 0 N–H and O–H groups in total. The van der Waals surface area contributed by atoms with Gasteiger partial charge in [-0.15, -0.1) is 0 Å². The summed E-state index contributed by atoms with van der Waals surface area (Å²) in [5.41, 5.74) is 0. The predicted octanol–water partition coefficient (Wildman–Crippen LogP) is 0.421. The molecule has 1 atom stereocenters. The third-order valence-electron chi connectivity index (χ3n) is 2.93. The molecule has 0 aromatic heterocycles. The van der Waals surface area contributed by atoms with E-state index in [9.17, 15) is 8.42 Å². The summed E-state index contributed by atoms with van der Waals surface area (Å²) in [5, 5.41) is 0. The van der Waals surface area contributed by atoms with E-state index in [0.717, 1.165) is 19.3 Å². The first-order chi connectivity index (χ1) is 6.12. The van der Waals surface area contributed by atoms with Crippen molar-refractivity contribution < 1.29 is 8.42 Å². The Balaban J connectivity index is 2.13. The Morgan fingerprint density at radius 3 is 2.23 bits per heavy atom. The molecule has 1 unspecified atom stereocenters. The molecular weight excluding hydrogens is 188 g/mol. The zero-order valence-corrected chi connectivity index (χ0v) is 8.76. The normalized spacial score (nSPS) is 31.9. The largest absolute Gasteiger partial charge is 0.282 e. The fraction of sp³-hybridized carbons (Fsp3) is 1.00. The van der Waals surface area contributed by atoms with E-state index in [1.165, 1.54) is 0 Å². The molecule has 76 valence electrons. The minimum absolute atomic E-state index is 0.200. The molecular formula is C8H16N2O2S. The molecule has 2 aliphatic heterocycles. The second-order valence-corrected chi connectivity index (χ2v) is 5.74. The van der Waals surface area contributed by atoms with Gasteiger partial charge in [-0.2, -0.15) is 17.0 Å². The SMILES string of the molecule is CC1CCCN1S(=O)(=O)N1CCC1. The maximum atomic E-state index is 11.9. The van der Waals surface area contributed by atoms with Crippen molar-refractivity contribution in [3.05, 3.63) is 0 Å². The summed E-state index contributed by atoms with van der Waals surface area (Å²) in [7, 11) is -3.08. The zero-order chi connectivity index (χ0) is 9.47. The molecule has 0 radical (unpaired) electrons. The van der Waals surface area contributed by atoms with Crippen molar-refractivity contribution >= 4 is 10.2 Å². The van der Waals surface area contributed by atoms with Crippen molar-refractivity contribution in [1.29, 1.82) is 0 Å². The maximum Gasteiger partial charge on any atom is 0.282 e. The van der Waals surface area contributed by atoms with Crippen LogP contribution in [-0.4, -0.2) is 42.7 Å². The van der Waals surface area contributed by atoms with Gasteiger partial charge in [-0.1, -0.05) is 0 Å². The lowest BCUT2D eigenvalue weighted by molar-refractivity contribution is 0.270. The van der Waals surface area contributed by atoms with Crippen LogP contribution < -0.4 is 0 Å². The van der Waals surface area contributed by atoms with Crippen LogP contribution in [0.2, 0.25) is 0 Å². The van der Waals surface area contributed by atoms with E-state index in [4.69, 9.17) is 0 Å². The minimum atomic E-state index is -3.08. The molecule has 0 bridgehead atoms. The van der Waals surface area contributed by atoms with Crippen LogP contribution in [0.4, 0.5) is 0 Å². The third kappa shape index (κ3) is 1.49. The monoisotopic (exact) mass is 204 g/mol. The van der Waals surface area contributed by atoms with Crippen LogP contribution in [0.25, 0.3) is 0 Å². The van der Waals surface area contributed by atoms with Gasteiger partial charge in [0.25, 0.3) is 10.2 Å². The molecule has 2 saturated heterocycles. The fourth-order valence-corrected chi connectivity index (χ4v) is 3.85. The highest BCUT2D eigenvalue weighted by atomic mass is 32.2. The van der Waals surface area contributed by atoms with Crippen LogP contribution in [0.1, 0.15) is 26.2 Å². The van der Waals surface area contributed by atoms with E-state index in [1.807, 2.05) is 6.92 Å². The van der Waals surface area contributed by atoms with Gasteiger partial charge in [-0.05, 0) is 26.2 Å². The Morgan fingerprint density at radius 2 is 1.85 bits per heavy atom. The minimum Gasteiger partial charge on any atom is -0.195 e. The van der Waals surface area contributed by atoms with E-state index in [1.54, 1.807) is 8.61 Å². The molecule has 0 amide bonds. The summed E-state index contributed by atoms with van der Waals surface area (Å²) in [6, 6.07) is 0.200. The number of rotatable bonds is 2. The topological polar surface area (TPSA) is 40.6 Å². The summed E-state index contributed by atoms with van der Waals surface area (Å²) in [6.07, 6.45) is 3.03. The molecule has 2 heterocycles. The summed E-state index contributed by atoms with van der Waals surface area (Å²) in [4.78, 5) is 0. The van der Waals surface area contributed by atoms with Crippen molar-refractivity contribution in [2.75, 3.05) is 19.6 Å².